The summed E-state index contributed by atoms with van der Waals surface area (Å²) in [6.45, 7) is 0.793. The highest BCUT2D eigenvalue weighted by Gasteiger charge is 2.50. The lowest BCUT2D eigenvalue weighted by Gasteiger charge is -2.24. The van der Waals surface area contributed by atoms with Crippen molar-refractivity contribution in [2.75, 3.05) is 6.54 Å². The van der Waals surface area contributed by atoms with Crippen LogP contribution in [-0.4, -0.2) is 40.0 Å². The van der Waals surface area contributed by atoms with Gasteiger partial charge >= 0.3 is 6.03 Å². The van der Waals surface area contributed by atoms with Crippen LogP contribution in [0.25, 0.3) is 0 Å². The minimum atomic E-state index is -1.65. The fourth-order valence-corrected chi connectivity index (χ4v) is 4.81. The maximum atomic E-state index is 13.8. The van der Waals surface area contributed by atoms with E-state index in [0.29, 0.717) is 17.9 Å². The Bertz CT molecular complexity index is 1310. The van der Waals surface area contributed by atoms with Gasteiger partial charge in [0.2, 0.25) is 0 Å². The number of rotatable bonds is 5. The normalized spacial score (nSPS) is 22.3. The number of hydrogen-bond acceptors (Lipinski definition) is 6. The van der Waals surface area contributed by atoms with Crippen molar-refractivity contribution in [2.45, 2.75) is 24.9 Å². The molecule has 4 amide bonds. The minimum absolute atomic E-state index is 0.0623. The molecule has 11 heteroatoms. The molecule has 0 aliphatic carbocycles. The van der Waals surface area contributed by atoms with Crippen LogP contribution in [0.4, 0.5) is 13.6 Å². The highest BCUT2D eigenvalue weighted by atomic mass is 32.1. The number of carbonyl (C=O) groups excluding carboxylic acids is 3. The van der Waals surface area contributed by atoms with Crippen molar-refractivity contribution in [3.8, 4) is 0 Å². The number of benzene rings is 1. The summed E-state index contributed by atoms with van der Waals surface area (Å²) < 4.78 is 32.6. The highest BCUT2D eigenvalue weighted by molar-refractivity contribution is 7.12. The molecular weight excluding hydrogens is 466 g/mol. The fourth-order valence-electron chi connectivity index (χ4n) is 4.09. The average molecular weight is 484 g/mol. The van der Waals surface area contributed by atoms with Gasteiger partial charge in [-0.05, 0) is 48.2 Å². The number of furan rings is 1. The van der Waals surface area contributed by atoms with Gasteiger partial charge in [0, 0.05) is 6.42 Å². The van der Waals surface area contributed by atoms with E-state index < -0.39 is 47.6 Å². The number of carbonyl (C=O) groups is 3. The Morgan fingerprint density at radius 2 is 2.06 bits per heavy atom. The third-order valence-corrected chi connectivity index (χ3v) is 6.83. The minimum Gasteiger partial charge on any atom is -0.467 e. The molecule has 0 radical (unpaired) electrons. The fraction of sp³-hybridized carbons (Fsp3) is 0.217. The second-order valence-electron chi connectivity index (χ2n) is 8.07. The van der Waals surface area contributed by atoms with Crippen LogP contribution >= 0.6 is 11.3 Å². The third-order valence-electron chi connectivity index (χ3n) is 5.91. The molecule has 1 N–H and O–H groups in total. The number of thiophene rings is 1. The molecule has 1 fully saturated rings. The largest absolute Gasteiger partial charge is 0.467 e. The molecule has 34 heavy (non-hydrogen) atoms. The zero-order valence-corrected chi connectivity index (χ0v) is 18.6. The van der Waals surface area contributed by atoms with E-state index in [-0.39, 0.29) is 5.56 Å². The maximum Gasteiger partial charge on any atom is 0.325 e. The molecule has 0 bridgehead atoms. The second-order valence-corrected chi connectivity index (χ2v) is 9.02. The van der Waals surface area contributed by atoms with Gasteiger partial charge in [-0.3, -0.25) is 14.5 Å². The lowest BCUT2D eigenvalue weighted by molar-refractivity contribution is -0.140. The highest BCUT2D eigenvalue weighted by Crippen LogP contribution is 2.35. The number of hydrogen-bond donors (Lipinski definition) is 1. The molecule has 8 nitrogen and oxygen atoms in total. The lowest BCUT2D eigenvalue weighted by Crippen LogP contribution is -2.43. The molecular formula is C23H18F2N4O4S. The predicted octanol–water partition coefficient (Wildman–Crippen LogP) is 3.76. The van der Waals surface area contributed by atoms with Gasteiger partial charge in [0.25, 0.3) is 11.8 Å². The van der Waals surface area contributed by atoms with Gasteiger partial charge in [0.15, 0.2) is 11.6 Å². The number of nitrogens with zero attached hydrogens (tertiary/aromatic N) is 3. The van der Waals surface area contributed by atoms with Crippen LogP contribution in [0, 0.1) is 11.6 Å². The molecule has 4 heterocycles. The van der Waals surface area contributed by atoms with E-state index in [4.69, 9.17) is 4.42 Å². The first-order chi connectivity index (χ1) is 16.3. The number of urea groups is 1. The quantitative estimate of drug-likeness (QED) is 0.558. The Balaban J connectivity index is 1.40. The number of imide groups is 1. The molecule has 5 rings (SSSR count). The molecule has 1 saturated heterocycles. The molecule has 0 saturated carbocycles. The number of nitrogens with one attached hydrogen (secondary N) is 1. The molecule has 0 spiro atoms. The number of hydrazone groups is 1. The summed E-state index contributed by atoms with van der Waals surface area (Å²) in [5.74, 6) is -3.05. The van der Waals surface area contributed by atoms with Gasteiger partial charge in [-0.1, -0.05) is 12.1 Å². The monoisotopic (exact) mass is 484 g/mol. The smallest absolute Gasteiger partial charge is 0.325 e. The van der Waals surface area contributed by atoms with Gasteiger partial charge in [-0.2, -0.15) is 5.10 Å². The second kappa shape index (κ2) is 8.17. The molecule has 2 aliphatic rings. The summed E-state index contributed by atoms with van der Waals surface area (Å²) in [5, 5.41) is 10.1. The summed E-state index contributed by atoms with van der Waals surface area (Å²) >= 11 is 1.48. The van der Waals surface area contributed by atoms with Crippen LogP contribution in [0.15, 0.2) is 63.6 Å². The molecule has 0 unspecified atom stereocenters. The van der Waals surface area contributed by atoms with E-state index in [0.717, 1.165) is 21.9 Å². The molecule has 1 aromatic carbocycles. The van der Waals surface area contributed by atoms with E-state index in [1.54, 1.807) is 12.1 Å². The first-order valence-corrected chi connectivity index (χ1v) is 11.2. The van der Waals surface area contributed by atoms with Crippen molar-refractivity contribution in [3.05, 3.63) is 81.9 Å². The van der Waals surface area contributed by atoms with Crippen molar-refractivity contribution >= 4 is 34.9 Å². The SMILES string of the molecule is C[C@]1(c2ccc(F)c(F)c2)NC(=O)N(CC(=O)N2N=C(c3cccs3)C[C@H]2c2ccco2)C1=O. The summed E-state index contributed by atoms with van der Waals surface area (Å²) in [4.78, 5) is 40.7. The lowest BCUT2D eigenvalue weighted by atomic mass is 9.92. The summed E-state index contributed by atoms with van der Waals surface area (Å²) in [5.41, 5.74) is -0.899. The zero-order chi connectivity index (χ0) is 24.0. The Kier molecular flexibility index (Phi) is 5.28. The van der Waals surface area contributed by atoms with Gasteiger partial charge in [0.1, 0.15) is 23.9 Å². The Morgan fingerprint density at radius 1 is 1.24 bits per heavy atom. The van der Waals surface area contributed by atoms with E-state index in [9.17, 15) is 23.2 Å². The van der Waals surface area contributed by atoms with Crippen LogP contribution in [-0.2, 0) is 15.1 Å². The Morgan fingerprint density at radius 3 is 2.74 bits per heavy atom. The number of amides is 4. The molecule has 174 valence electrons. The summed E-state index contributed by atoms with van der Waals surface area (Å²) in [6.07, 6.45) is 1.90. The van der Waals surface area contributed by atoms with Crippen LogP contribution in [0.5, 0.6) is 0 Å². The van der Waals surface area contributed by atoms with E-state index in [1.165, 1.54) is 35.6 Å². The standard InChI is InChI=1S/C23H18F2N4O4S/c1-23(13-6-7-14(24)15(25)10-13)21(31)28(22(32)26-23)12-20(30)29-17(18-4-2-8-33-18)11-16(27-29)19-5-3-9-34-19/h2-10,17H,11-12H2,1H3,(H,26,32)/t17-,23+/m0/s1. The zero-order valence-electron chi connectivity index (χ0n) is 17.8. The molecule has 2 aliphatic heterocycles. The van der Waals surface area contributed by atoms with Crippen molar-refractivity contribution in [1.82, 2.24) is 15.2 Å². The van der Waals surface area contributed by atoms with Crippen LogP contribution in [0.2, 0.25) is 0 Å². The van der Waals surface area contributed by atoms with Crippen molar-refractivity contribution in [3.63, 3.8) is 0 Å². The maximum absolute atomic E-state index is 13.8. The van der Waals surface area contributed by atoms with E-state index in [1.807, 2.05) is 17.5 Å². The number of halogens is 2. The van der Waals surface area contributed by atoms with E-state index >= 15 is 0 Å². The van der Waals surface area contributed by atoms with Gasteiger partial charge in [-0.15, -0.1) is 11.3 Å². The predicted molar refractivity (Wildman–Crippen MR) is 118 cm³/mol. The topological polar surface area (TPSA) is 95.2 Å². The molecule has 2 atom stereocenters. The Hall–Kier alpha value is -3.86. The average Bonchev–Trinajstić information content (AvgIpc) is 3.60. The summed E-state index contributed by atoms with van der Waals surface area (Å²) in [7, 11) is 0. The first kappa shape index (κ1) is 22.0. The summed E-state index contributed by atoms with van der Waals surface area (Å²) in [6, 6.07) is 8.79. The van der Waals surface area contributed by atoms with Gasteiger partial charge in [-0.25, -0.2) is 18.6 Å². The van der Waals surface area contributed by atoms with Crippen LogP contribution < -0.4 is 5.32 Å². The van der Waals surface area contributed by atoms with E-state index in [2.05, 4.69) is 10.4 Å². The van der Waals surface area contributed by atoms with Crippen molar-refractivity contribution < 1.29 is 27.6 Å². The van der Waals surface area contributed by atoms with Crippen LogP contribution in [0.3, 0.4) is 0 Å². The van der Waals surface area contributed by atoms with Crippen molar-refractivity contribution in [2.24, 2.45) is 5.10 Å². The van der Waals surface area contributed by atoms with Crippen LogP contribution in [0.1, 0.15) is 35.6 Å². The Labute approximate surface area is 196 Å². The van der Waals surface area contributed by atoms with Gasteiger partial charge in [0.05, 0.1) is 16.9 Å². The van der Waals surface area contributed by atoms with Gasteiger partial charge < -0.3 is 9.73 Å². The first-order valence-electron chi connectivity index (χ1n) is 10.3. The van der Waals surface area contributed by atoms with Crippen molar-refractivity contribution in [1.29, 1.82) is 0 Å². The molecule has 3 aromatic rings. The molecule has 2 aromatic heterocycles. The third kappa shape index (κ3) is 3.58.